The Morgan fingerprint density at radius 3 is 2.43 bits per heavy atom. The van der Waals surface area contributed by atoms with Crippen molar-refractivity contribution in [2.45, 2.75) is 13.8 Å². The second-order valence-electron chi connectivity index (χ2n) is 6.27. The lowest BCUT2D eigenvalue weighted by Gasteiger charge is -2.10. The molecule has 0 aliphatic carbocycles. The van der Waals surface area contributed by atoms with Gasteiger partial charge in [0.2, 0.25) is 0 Å². The second-order valence-corrected chi connectivity index (χ2v) is 7.15. The molecule has 6 heteroatoms. The molecule has 3 rings (SSSR count). The average Bonchev–Trinajstić information content (AvgIpc) is 2.94. The fourth-order valence-corrected chi connectivity index (χ4v) is 3.29. The predicted octanol–water partition coefficient (Wildman–Crippen LogP) is 5.95. The number of anilines is 1. The Labute approximate surface area is 173 Å². The fourth-order valence-electron chi connectivity index (χ4n) is 2.98. The topological polar surface area (TPSA) is 57.8 Å². The lowest BCUT2D eigenvalue weighted by atomic mass is 10.1. The van der Waals surface area contributed by atoms with Crippen molar-refractivity contribution in [3.8, 4) is 11.8 Å². The van der Waals surface area contributed by atoms with Gasteiger partial charge in [-0.15, -0.1) is 0 Å². The van der Waals surface area contributed by atoms with Crippen LogP contribution in [0.1, 0.15) is 17.0 Å². The average molecular weight is 410 g/mol. The number of halogens is 2. The summed E-state index contributed by atoms with van der Waals surface area (Å²) in [5, 5.41) is 13.4. The molecule has 0 spiro atoms. The highest BCUT2D eigenvalue weighted by atomic mass is 35.5. The molecule has 0 saturated heterocycles. The van der Waals surface area contributed by atoms with Gasteiger partial charge < -0.3 is 9.88 Å². The van der Waals surface area contributed by atoms with E-state index in [0.29, 0.717) is 15.7 Å². The maximum absolute atomic E-state index is 12.5. The van der Waals surface area contributed by atoms with Crippen LogP contribution >= 0.6 is 23.2 Å². The Morgan fingerprint density at radius 2 is 1.79 bits per heavy atom. The first kappa shape index (κ1) is 19.8. The number of carbonyl (C=O) groups is 1. The summed E-state index contributed by atoms with van der Waals surface area (Å²) in [6.07, 6.45) is 1.59. The number of rotatable bonds is 4. The Morgan fingerprint density at radius 1 is 1.07 bits per heavy atom. The van der Waals surface area contributed by atoms with E-state index in [2.05, 4.69) is 5.32 Å². The smallest absolute Gasteiger partial charge is 0.266 e. The van der Waals surface area contributed by atoms with Gasteiger partial charge in [0, 0.05) is 32.8 Å². The molecule has 0 saturated carbocycles. The van der Waals surface area contributed by atoms with Crippen LogP contribution in [0.15, 0.2) is 60.2 Å². The first-order valence-electron chi connectivity index (χ1n) is 8.52. The third kappa shape index (κ3) is 4.28. The van der Waals surface area contributed by atoms with Crippen molar-refractivity contribution in [3.63, 3.8) is 0 Å². The van der Waals surface area contributed by atoms with Crippen LogP contribution in [0.5, 0.6) is 0 Å². The standard InChI is InChI=1S/C22H17Cl2N3O/c1-14-10-16(15(2)27(14)21-5-3-4-19(24)12-21)11-17(13-25)22(28)26-20-8-6-18(23)7-9-20/h3-12H,1-2H3,(H,26,28). The van der Waals surface area contributed by atoms with E-state index in [1.807, 2.05) is 54.8 Å². The van der Waals surface area contributed by atoms with E-state index in [-0.39, 0.29) is 5.57 Å². The summed E-state index contributed by atoms with van der Waals surface area (Å²) < 4.78 is 2.03. The SMILES string of the molecule is Cc1cc(C=C(C#N)C(=O)Nc2ccc(Cl)cc2)c(C)n1-c1cccc(Cl)c1. The first-order chi connectivity index (χ1) is 13.4. The van der Waals surface area contributed by atoms with Crippen LogP contribution in [-0.4, -0.2) is 10.5 Å². The maximum Gasteiger partial charge on any atom is 0.266 e. The van der Waals surface area contributed by atoms with E-state index in [0.717, 1.165) is 22.6 Å². The number of nitrogens with zero attached hydrogens (tertiary/aromatic N) is 2. The summed E-state index contributed by atoms with van der Waals surface area (Å²) in [4.78, 5) is 12.5. The molecule has 0 bridgehead atoms. The summed E-state index contributed by atoms with van der Waals surface area (Å²) in [6.45, 7) is 3.90. The molecule has 0 aliphatic rings. The van der Waals surface area contributed by atoms with Crippen molar-refractivity contribution in [2.75, 3.05) is 5.32 Å². The van der Waals surface area contributed by atoms with E-state index >= 15 is 0 Å². The van der Waals surface area contributed by atoms with Crippen LogP contribution in [0.25, 0.3) is 11.8 Å². The van der Waals surface area contributed by atoms with Crippen LogP contribution in [0.3, 0.4) is 0 Å². The molecule has 3 aromatic rings. The molecule has 0 unspecified atom stereocenters. The Balaban J connectivity index is 1.93. The number of aryl methyl sites for hydroxylation is 1. The number of amides is 1. The minimum Gasteiger partial charge on any atom is -0.321 e. The lowest BCUT2D eigenvalue weighted by Crippen LogP contribution is -2.13. The van der Waals surface area contributed by atoms with Gasteiger partial charge in [-0.3, -0.25) is 4.79 Å². The molecule has 1 N–H and O–H groups in total. The molecule has 2 aromatic carbocycles. The lowest BCUT2D eigenvalue weighted by molar-refractivity contribution is -0.112. The molecule has 0 fully saturated rings. The number of aromatic nitrogens is 1. The van der Waals surface area contributed by atoms with Crippen LogP contribution < -0.4 is 5.32 Å². The maximum atomic E-state index is 12.5. The number of carbonyl (C=O) groups excluding carboxylic acids is 1. The molecule has 140 valence electrons. The number of hydrogen-bond donors (Lipinski definition) is 1. The molecule has 28 heavy (non-hydrogen) atoms. The Hall–Kier alpha value is -3.00. The molecule has 0 atom stereocenters. The van der Waals surface area contributed by atoms with Gasteiger partial charge in [-0.05, 0) is 74.0 Å². The van der Waals surface area contributed by atoms with Gasteiger partial charge in [0.15, 0.2) is 0 Å². The third-order valence-electron chi connectivity index (χ3n) is 4.30. The highest BCUT2D eigenvalue weighted by molar-refractivity contribution is 6.31. The monoisotopic (exact) mass is 409 g/mol. The summed E-state index contributed by atoms with van der Waals surface area (Å²) in [7, 11) is 0. The largest absolute Gasteiger partial charge is 0.321 e. The normalized spacial score (nSPS) is 11.2. The van der Waals surface area contributed by atoms with Gasteiger partial charge in [-0.1, -0.05) is 29.3 Å². The second kappa shape index (κ2) is 8.35. The Kier molecular flexibility index (Phi) is 5.89. The van der Waals surface area contributed by atoms with Gasteiger partial charge >= 0.3 is 0 Å². The number of nitriles is 1. The highest BCUT2D eigenvalue weighted by Gasteiger charge is 2.14. The molecule has 1 aromatic heterocycles. The number of nitrogens with one attached hydrogen (secondary N) is 1. The van der Waals surface area contributed by atoms with Gasteiger partial charge in [0.05, 0.1) is 0 Å². The van der Waals surface area contributed by atoms with E-state index in [9.17, 15) is 10.1 Å². The van der Waals surface area contributed by atoms with E-state index in [4.69, 9.17) is 23.2 Å². The van der Waals surface area contributed by atoms with Crippen molar-refractivity contribution in [2.24, 2.45) is 0 Å². The van der Waals surface area contributed by atoms with Gasteiger partial charge in [0.25, 0.3) is 5.91 Å². The zero-order valence-corrected chi connectivity index (χ0v) is 16.8. The van der Waals surface area contributed by atoms with Gasteiger partial charge in [0.1, 0.15) is 11.6 Å². The summed E-state index contributed by atoms with van der Waals surface area (Å²) >= 11 is 12.0. The molecule has 1 heterocycles. The third-order valence-corrected chi connectivity index (χ3v) is 4.79. The predicted molar refractivity (Wildman–Crippen MR) is 114 cm³/mol. The molecule has 0 aliphatic heterocycles. The molecule has 0 radical (unpaired) electrons. The molecule has 1 amide bonds. The van der Waals surface area contributed by atoms with Crippen LogP contribution in [0, 0.1) is 25.2 Å². The van der Waals surface area contributed by atoms with Gasteiger partial charge in [-0.2, -0.15) is 5.26 Å². The van der Waals surface area contributed by atoms with Gasteiger partial charge in [-0.25, -0.2) is 0 Å². The summed E-state index contributed by atoms with van der Waals surface area (Å²) in [6, 6.07) is 18.1. The van der Waals surface area contributed by atoms with E-state index in [1.54, 1.807) is 30.3 Å². The first-order valence-corrected chi connectivity index (χ1v) is 9.28. The van der Waals surface area contributed by atoms with Crippen molar-refractivity contribution in [1.82, 2.24) is 4.57 Å². The van der Waals surface area contributed by atoms with Crippen molar-refractivity contribution in [3.05, 3.63) is 87.2 Å². The number of hydrogen-bond acceptors (Lipinski definition) is 2. The Bertz CT molecular complexity index is 1110. The minimum atomic E-state index is -0.475. The molecule has 4 nitrogen and oxygen atoms in total. The number of benzene rings is 2. The molecular weight excluding hydrogens is 393 g/mol. The summed E-state index contributed by atoms with van der Waals surface area (Å²) in [5.74, 6) is -0.475. The van der Waals surface area contributed by atoms with Crippen LogP contribution in [0.4, 0.5) is 5.69 Å². The molecular formula is C22H17Cl2N3O. The van der Waals surface area contributed by atoms with E-state index < -0.39 is 5.91 Å². The van der Waals surface area contributed by atoms with Crippen molar-refractivity contribution >= 4 is 40.9 Å². The zero-order valence-electron chi connectivity index (χ0n) is 15.3. The highest BCUT2D eigenvalue weighted by Crippen LogP contribution is 2.25. The van der Waals surface area contributed by atoms with Crippen molar-refractivity contribution < 1.29 is 4.79 Å². The quantitative estimate of drug-likeness (QED) is 0.427. The van der Waals surface area contributed by atoms with Crippen molar-refractivity contribution in [1.29, 1.82) is 5.26 Å². The van der Waals surface area contributed by atoms with E-state index in [1.165, 1.54) is 0 Å². The minimum absolute atomic E-state index is 0.0151. The van der Waals surface area contributed by atoms with Crippen LogP contribution in [0.2, 0.25) is 10.0 Å². The fraction of sp³-hybridized carbons (Fsp3) is 0.0909. The zero-order chi connectivity index (χ0) is 20.3. The summed E-state index contributed by atoms with van der Waals surface area (Å²) in [5.41, 5.74) is 4.18. The van der Waals surface area contributed by atoms with Crippen LogP contribution in [-0.2, 0) is 4.79 Å².